The van der Waals surface area contributed by atoms with E-state index in [4.69, 9.17) is 29.4 Å². The number of nitrogens with one attached hydrogen (secondary N) is 1. The van der Waals surface area contributed by atoms with Crippen LogP contribution in [0.15, 0.2) is 6.20 Å². The zero-order chi connectivity index (χ0) is 19.6. The molecule has 25 heavy (non-hydrogen) atoms. The predicted molar refractivity (Wildman–Crippen MR) is 82.2 cm³/mol. The number of aromatic hydroxyl groups is 1. The molecule has 16 heteroatoms. The van der Waals surface area contributed by atoms with Crippen molar-refractivity contribution in [1.82, 2.24) is 10.3 Å². The van der Waals surface area contributed by atoms with Crippen LogP contribution in [0.4, 0.5) is 0 Å². The van der Waals surface area contributed by atoms with Crippen molar-refractivity contribution in [1.29, 1.82) is 0 Å². The largest absolute Gasteiger partial charge is 0.506 e. The third-order valence-electron chi connectivity index (χ3n) is 2.92. The molecule has 0 aliphatic heterocycles. The lowest BCUT2D eigenvalue weighted by molar-refractivity contribution is 0.188. The van der Waals surface area contributed by atoms with Crippen LogP contribution in [-0.2, 0) is 31.4 Å². The van der Waals surface area contributed by atoms with Crippen LogP contribution in [0, 0.1) is 6.92 Å². The van der Waals surface area contributed by atoms with Crippen molar-refractivity contribution in [2.75, 3.05) is 0 Å². The van der Waals surface area contributed by atoms with Gasteiger partial charge in [-0.3, -0.25) is 24.0 Å². The molecule has 0 fully saturated rings. The number of hydrogen-bond donors (Lipinski definition) is 8. The molecule has 8 N–H and O–H groups in total. The normalized spacial score (nSPS) is 13.4. The van der Waals surface area contributed by atoms with Crippen molar-refractivity contribution in [3.05, 3.63) is 23.0 Å². The summed E-state index contributed by atoms with van der Waals surface area (Å²) in [7, 11) is -15.3. The summed E-state index contributed by atoms with van der Waals surface area (Å²) in [6, 6.07) is 0. The average Bonchev–Trinajstić information content (AvgIpc) is 2.38. The minimum atomic E-state index is -5.25. The minimum absolute atomic E-state index is 0.0610. The number of phosphoric acid groups is 1. The Hall–Kier alpha value is -0.680. The molecule has 1 heterocycles. The van der Waals surface area contributed by atoms with Crippen molar-refractivity contribution in [2.24, 2.45) is 0 Å². The topological polar surface area (TPSA) is 227 Å². The Labute approximate surface area is 141 Å². The van der Waals surface area contributed by atoms with Gasteiger partial charge < -0.3 is 34.5 Å². The van der Waals surface area contributed by atoms with Gasteiger partial charge in [0.2, 0.25) is 5.52 Å². The maximum atomic E-state index is 11.2. The van der Waals surface area contributed by atoms with Gasteiger partial charge in [0.05, 0.1) is 12.3 Å². The zero-order valence-electron chi connectivity index (χ0n) is 12.6. The van der Waals surface area contributed by atoms with E-state index in [1.807, 2.05) is 5.32 Å². The lowest BCUT2D eigenvalue weighted by Crippen LogP contribution is -2.29. The van der Waals surface area contributed by atoms with Crippen LogP contribution in [-0.4, -0.2) is 45.0 Å². The Bertz CT molecular complexity index is 744. The molecule has 1 rings (SSSR count). The lowest BCUT2D eigenvalue weighted by atomic mass is 10.1. The molecule has 0 bridgehead atoms. The first-order chi connectivity index (χ1) is 11.1. The maximum absolute atomic E-state index is 11.2. The monoisotopic (exact) mass is 422 g/mol. The molecule has 0 aliphatic rings. The van der Waals surface area contributed by atoms with E-state index in [2.05, 4.69) is 9.51 Å². The van der Waals surface area contributed by atoms with Gasteiger partial charge in [0.1, 0.15) is 5.75 Å². The molecule has 1 aromatic heterocycles. The van der Waals surface area contributed by atoms with Crippen LogP contribution in [0.5, 0.6) is 5.75 Å². The standard InChI is InChI=1S/C9H17N2O11P3/c1-5-8(12)7(6(2-10-5)4-22-25(19,20)21)3-11-9(23(13,14)15)24(16,17)18/h2,9,11-12H,3-4H2,1H3,(H2,13,14,15)(H2,16,17,18)(H2,19,20,21). The second-order valence-electron chi connectivity index (χ2n) is 4.89. The van der Waals surface area contributed by atoms with Crippen LogP contribution in [0.3, 0.4) is 0 Å². The highest BCUT2D eigenvalue weighted by molar-refractivity contribution is 7.70. The summed E-state index contributed by atoms with van der Waals surface area (Å²) < 4.78 is 37.5. The predicted octanol–water partition coefficient (Wildman–Crippen LogP) is -0.566. The fourth-order valence-corrected chi connectivity index (χ4v) is 4.32. The third-order valence-corrected chi connectivity index (χ3v) is 6.83. The third kappa shape index (κ3) is 6.86. The SMILES string of the molecule is Cc1ncc(COP(=O)(O)O)c(CNC(P(=O)(O)O)P(=O)(O)O)c1O. The molecule has 0 spiro atoms. The first kappa shape index (κ1) is 22.4. The van der Waals surface area contributed by atoms with Crippen LogP contribution >= 0.6 is 23.0 Å². The van der Waals surface area contributed by atoms with E-state index in [-0.39, 0.29) is 16.8 Å². The number of aryl methyl sites for hydroxylation is 1. The van der Waals surface area contributed by atoms with Crippen LogP contribution in [0.25, 0.3) is 0 Å². The summed E-state index contributed by atoms with van der Waals surface area (Å²) >= 11 is 0. The van der Waals surface area contributed by atoms with E-state index >= 15 is 0 Å². The molecule has 144 valence electrons. The Balaban J connectivity index is 3.15. The van der Waals surface area contributed by atoms with Gasteiger partial charge >= 0.3 is 23.0 Å². The zero-order valence-corrected chi connectivity index (χ0v) is 15.3. The molecule has 0 radical (unpaired) electrons. The number of hydrogen-bond acceptors (Lipinski definition) is 7. The van der Waals surface area contributed by atoms with Gasteiger partial charge in [-0.25, -0.2) is 4.57 Å². The van der Waals surface area contributed by atoms with Crippen LogP contribution < -0.4 is 5.32 Å². The Morgan fingerprint density at radius 1 is 1.12 bits per heavy atom. The Morgan fingerprint density at radius 3 is 2.08 bits per heavy atom. The van der Waals surface area contributed by atoms with Gasteiger partial charge in [0, 0.05) is 23.9 Å². The van der Waals surface area contributed by atoms with Crippen molar-refractivity contribution < 1.29 is 52.7 Å². The summed E-state index contributed by atoms with van der Waals surface area (Å²) in [5, 5.41) is 11.9. The van der Waals surface area contributed by atoms with E-state index in [0.717, 1.165) is 6.20 Å². The molecule has 0 aliphatic carbocycles. The summed E-state index contributed by atoms with van der Waals surface area (Å²) in [6.07, 6.45) is 1.09. The number of pyridine rings is 1. The number of phosphoric ester groups is 1. The first-order valence-corrected chi connectivity index (χ1v) is 11.2. The van der Waals surface area contributed by atoms with E-state index in [1.165, 1.54) is 6.92 Å². The highest BCUT2D eigenvalue weighted by Gasteiger charge is 2.43. The van der Waals surface area contributed by atoms with E-state index < -0.39 is 47.4 Å². The fraction of sp³-hybridized carbons (Fsp3) is 0.444. The van der Waals surface area contributed by atoms with Crippen molar-refractivity contribution in [3.63, 3.8) is 0 Å². The van der Waals surface area contributed by atoms with E-state index in [0.29, 0.717) is 0 Å². The molecule has 0 aromatic carbocycles. The second kappa shape index (κ2) is 7.91. The smallest absolute Gasteiger partial charge is 0.469 e. The molecule has 1 aromatic rings. The summed E-state index contributed by atoms with van der Waals surface area (Å²) in [5.41, 5.74) is -2.66. The van der Waals surface area contributed by atoms with Gasteiger partial charge in [-0.2, -0.15) is 0 Å². The number of rotatable bonds is 8. The second-order valence-corrected chi connectivity index (χ2v) is 9.93. The summed E-state index contributed by atoms with van der Waals surface area (Å²) in [5.74, 6) is -0.491. The van der Waals surface area contributed by atoms with Gasteiger partial charge in [0.15, 0.2) is 0 Å². The molecule has 13 nitrogen and oxygen atoms in total. The van der Waals surface area contributed by atoms with Gasteiger partial charge in [-0.15, -0.1) is 0 Å². The number of nitrogens with zero attached hydrogens (tertiary/aromatic N) is 1. The molecule has 0 amide bonds. The fourth-order valence-electron chi connectivity index (χ4n) is 1.79. The Kier molecular flexibility index (Phi) is 7.08. The maximum Gasteiger partial charge on any atom is 0.469 e. The van der Waals surface area contributed by atoms with Crippen molar-refractivity contribution >= 4 is 23.0 Å². The lowest BCUT2D eigenvalue weighted by Gasteiger charge is -2.22. The summed E-state index contributed by atoms with van der Waals surface area (Å²) in [4.78, 5) is 57.4. The van der Waals surface area contributed by atoms with Gasteiger partial charge in [-0.1, -0.05) is 0 Å². The molecule has 0 saturated heterocycles. The van der Waals surface area contributed by atoms with Gasteiger partial charge in [0.25, 0.3) is 0 Å². The molecular weight excluding hydrogens is 405 g/mol. The van der Waals surface area contributed by atoms with E-state index in [9.17, 15) is 18.8 Å². The van der Waals surface area contributed by atoms with Crippen LogP contribution in [0.2, 0.25) is 0 Å². The molecular formula is C9H17N2O11P3. The molecule has 0 atom stereocenters. The highest BCUT2D eigenvalue weighted by Crippen LogP contribution is 2.58. The van der Waals surface area contributed by atoms with E-state index in [1.54, 1.807) is 0 Å². The average molecular weight is 422 g/mol. The molecule has 0 unspecified atom stereocenters. The van der Waals surface area contributed by atoms with Crippen molar-refractivity contribution in [3.8, 4) is 5.75 Å². The quantitative estimate of drug-likeness (QED) is 0.246. The van der Waals surface area contributed by atoms with Crippen LogP contribution in [0.1, 0.15) is 16.8 Å². The highest BCUT2D eigenvalue weighted by atomic mass is 31.2. The first-order valence-electron chi connectivity index (χ1n) is 6.33. The van der Waals surface area contributed by atoms with Crippen molar-refractivity contribution in [2.45, 2.75) is 25.6 Å². The Morgan fingerprint density at radius 2 is 1.64 bits per heavy atom. The van der Waals surface area contributed by atoms with Gasteiger partial charge in [-0.05, 0) is 6.92 Å². The minimum Gasteiger partial charge on any atom is -0.506 e. The number of aromatic nitrogens is 1. The molecule has 0 saturated carbocycles. The summed E-state index contributed by atoms with van der Waals surface area (Å²) in [6.45, 7) is 0.0183.